The number of anilines is 1. The molecule has 1 fully saturated rings. The first-order chi connectivity index (χ1) is 14.5. The summed E-state index contributed by atoms with van der Waals surface area (Å²) in [6.45, 7) is 4.03. The normalized spacial score (nSPS) is 18.8. The predicted octanol–water partition coefficient (Wildman–Crippen LogP) is 2.59. The Bertz CT molecular complexity index is 985. The Morgan fingerprint density at radius 3 is 2.67 bits per heavy atom. The van der Waals surface area contributed by atoms with Gasteiger partial charge in [0.2, 0.25) is 5.91 Å². The third-order valence-electron chi connectivity index (χ3n) is 5.27. The van der Waals surface area contributed by atoms with Crippen molar-refractivity contribution in [2.24, 2.45) is 10.9 Å². The van der Waals surface area contributed by atoms with Gasteiger partial charge in [0.25, 0.3) is 0 Å². The van der Waals surface area contributed by atoms with E-state index in [1.165, 1.54) is 6.21 Å². The molecule has 0 saturated carbocycles. The lowest BCUT2D eigenvalue weighted by Crippen LogP contribution is -2.37. The van der Waals surface area contributed by atoms with Crippen LogP contribution >= 0.6 is 11.6 Å². The van der Waals surface area contributed by atoms with Gasteiger partial charge in [-0.2, -0.15) is 0 Å². The molecule has 3 N–H and O–H groups in total. The summed E-state index contributed by atoms with van der Waals surface area (Å²) in [6.07, 6.45) is 1.37. The number of nitrogens with two attached hydrogens (primary N) is 1. The van der Waals surface area contributed by atoms with Crippen molar-refractivity contribution in [3.05, 3.63) is 58.1 Å². The zero-order valence-corrected chi connectivity index (χ0v) is 17.2. The molecule has 0 spiro atoms. The number of amides is 1. The number of carbonyl (C=O) groups is 2. The summed E-state index contributed by atoms with van der Waals surface area (Å²) in [5, 5.41) is 3.42. The van der Waals surface area contributed by atoms with E-state index < -0.39 is 5.92 Å². The van der Waals surface area contributed by atoms with Crippen LogP contribution in [-0.2, 0) is 22.6 Å². The molecule has 1 saturated heterocycles. The molecule has 1 atom stereocenters. The number of morpholine rings is 1. The lowest BCUT2D eigenvalue weighted by molar-refractivity contribution is -0.122. The van der Waals surface area contributed by atoms with Crippen LogP contribution in [0.3, 0.4) is 0 Å². The number of hydrogen-bond donors (Lipinski definition) is 2. The van der Waals surface area contributed by atoms with E-state index in [0.717, 1.165) is 24.2 Å². The van der Waals surface area contributed by atoms with Crippen molar-refractivity contribution >= 4 is 40.9 Å². The monoisotopic (exact) mass is 426 g/mol. The van der Waals surface area contributed by atoms with E-state index in [2.05, 4.69) is 15.2 Å². The summed E-state index contributed by atoms with van der Waals surface area (Å²) in [7, 11) is 0. The van der Waals surface area contributed by atoms with Gasteiger partial charge in [0.1, 0.15) is 5.92 Å². The van der Waals surface area contributed by atoms with Crippen LogP contribution in [0.4, 0.5) is 11.4 Å². The van der Waals surface area contributed by atoms with Crippen molar-refractivity contribution < 1.29 is 14.3 Å². The topological polar surface area (TPSA) is 97.0 Å². The van der Waals surface area contributed by atoms with Crippen molar-refractivity contribution in [2.45, 2.75) is 13.1 Å². The van der Waals surface area contributed by atoms with E-state index in [-0.39, 0.29) is 11.7 Å². The van der Waals surface area contributed by atoms with E-state index in [0.29, 0.717) is 48.3 Å². The Balaban J connectivity index is 1.47. The van der Waals surface area contributed by atoms with Gasteiger partial charge in [-0.25, -0.2) is 0 Å². The number of nitrogens with zero attached hydrogens (tertiary/aromatic N) is 2. The molecule has 2 heterocycles. The molecule has 2 aliphatic heterocycles. The van der Waals surface area contributed by atoms with Gasteiger partial charge in [0.05, 0.1) is 24.6 Å². The minimum Gasteiger partial charge on any atom is -0.397 e. The number of rotatable bonds is 5. The highest BCUT2D eigenvalue weighted by atomic mass is 35.5. The number of halogens is 1. The van der Waals surface area contributed by atoms with E-state index in [1.807, 2.05) is 18.2 Å². The van der Waals surface area contributed by atoms with Gasteiger partial charge in [0, 0.05) is 43.0 Å². The number of carbonyl (C=O) groups excluding carboxylic acids is 2. The molecule has 2 aliphatic rings. The molecular weight excluding hydrogens is 404 g/mol. The summed E-state index contributed by atoms with van der Waals surface area (Å²) >= 11 is 5.88. The highest BCUT2D eigenvalue weighted by Gasteiger charge is 2.32. The molecule has 0 bridgehead atoms. The molecule has 0 aromatic heterocycles. The Morgan fingerprint density at radius 2 is 1.93 bits per heavy atom. The average molecular weight is 427 g/mol. The van der Waals surface area contributed by atoms with Gasteiger partial charge in [-0.05, 0) is 35.4 Å². The summed E-state index contributed by atoms with van der Waals surface area (Å²) in [6, 6.07) is 10.8. The minimum absolute atomic E-state index is 0.288. The first-order valence-electron chi connectivity index (χ1n) is 9.84. The minimum atomic E-state index is -0.970. The van der Waals surface area contributed by atoms with E-state index in [1.54, 1.807) is 18.2 Å². The molecular formula is C22H23ClN4O3. The SMILES string of the molecule is Nc1cc(CN2CCOCC2)cc2c1N=CC(C(=O)NCc1ccc(Cl)cc1)C2=O. The maximum atomic E-state index is 13.1. The third kappa shape index (κ3) is 4.53. The molecule has 2 aromatic carbocycles. The maximum absolute atomic E-state index is 13.1. The van der Waals surface area contributed by atoms with Crippen LogP contribution in [0.25, 0.3) is 0 Å². The van der Waals surface area contributed by atoms with Crippen molar-refractivity contribution in [3.63, 3.8) is 0 Å². The molecule has 4 rings (SSSR count). The molecule has 1 amide bonds. The predicted molar refractivity (Wildman–Crippen MR) is 116 cm³/mol. The number of nitrogen functional groups attached to an aromatic ring is 1. The number of benzene rings is 2. The summed E-state index contributed by atoms with van der Waals surface area (Å²) < 4.78 is 5.38. The Morgan fingerprint density at radius 1 is 1.20 bits per heavy atom. The second kappa shape index (κ2) is 8.95. The second-order valence-electron chi connectivity index (χ2n) is 7.43. The zero-order chi connectivity index (χ0) is 21.1. The summed E-state index contributed by atoms with van der Waals surface area (Å²) in [4.78, 5) is 32.3. The molecule has 7 nitrogen and oxygen atoms in total. The maximum Gasteiger partial charge on any atom is 0.236 e. The zero-order valence-electron chi connectivity index (χ0n) is 16.4. The van der Waals surface area contributed by atoms with Crippen LogP contribution in [0.5, 0.6) is 0 Å². The Hall–Kier alpha value is -2.74. The van der Waals surface area contributed by atoms with Gasteiger partial charge in [0.15, 0.2) is 5.78 Å². The van der Waals surface area contributed by atoms with Crippen LogP contribution in [0.15, 0.2) is 41.4 Å². The molecule has 0 aliphatic carbocycles. The molecule has 156 valence electrons. The molecule has 30 heavy (non-hydrogen) atoms. The number of nitrogens with one attached hydrogen (secondary N) is 1. The highest BCUT2D eigenvalue weighted by molar-refractivity contribution is 6.30. The lowest BCUT2D eigenvalue weighted by Gasteiger charge is -2.27. The fraction of sp³-hybridized carbons (Fsp3) is 0.318. The number of fused-ring (bicyclic) bond motifs is 1. The van der Waals surface area contributed by atoms with Gasteiger partial charge in [-0.15, -0.1) is 0 Å². The smallest absolute Gasteiger partial charge is 0.236 e. The van der Waals surface area contributed by atoms with E-state index >= 15 is 0 Å². The second-order valence-corrected chi connectivity index (χ2v) is 7.87. The Kier molecular flexibility index (Phi) is 6.13. The van der Waals surface area contributed by atoms with E-state index in [4.69, 9.17) is 22.1 Å². The van der Waals surface area contributed by atoms with Gasteiger partial charge < -0.3 is 15.8 Å². The van der Waals surface area contributed by atoms with Crippen molar-refractivity contribution in [2.75, 3.05) is 32.0 Å². The number of ether oxygens (including phenoxy) is 1. The van der Waals surface area contributed by atoms with Crippen LogP contribution in [-0.4, -0.2) is 49.1 Å². The standard InChI is InChI=1S/C22H23ClN4O3/c23-16-3-1-14(2-4-16)11-26-22(29)18-12-25-20-17(21(18)28)9-15(10-19(20)24)13-27-5-7-30-8-6-27/h1-4,9-10,12,18H,5-8,11,13,24H2,(H,26,29). The summed E-state index contributed by atoms with van der Waals surface area (Å²) in [5.74, 6) is -1.64. The number of hydrogen-bond acceptors (Lipinski definition) is 6. The van der Waals surface area contributed by atoms with Crippen LogP contribution < -0.4 is 11.1 Å². The molecule has 0 radical (unpaired) electrons. The molecule has 1 unspecified atom stereocenters. The third-order valence-corrected chi connectivity index (χ3v) is 5.52. The van der Waals surface area contributed by atoms with Crippen molar-refractivity contribution in [1.29, 1.82) is 0 Å². The van der Waals surface area contributed by atoms with E-state index in [9.17, 15) is 9.59 Å². The average Bonchev–Trinajstić information content (AvgIpc) is 2.75. The highest BCUT2D eigenvalue weighted by Crippen LogP contribution is 2.34. The van der Waals surface area contributed by atoms with Crippen LogP contribution in [0.2, 0.25) is 5.02 Å². The number of ketones is 1. The Labute approximate surface area is 179 Å². The molecule has 2 aromatic rings. The molecule has 8 heteroatoms. The quantitative estimate of drug-likeness (QED) is 0.565. The lowest BCUT2D eigenvalue weighted by atomic mass is 9.91. The van der Waals surface area contributed by atoms with Gasteiger partial charge in [-0.1, -0.05) is 23.7 Å². The van der Waals surface area contributed by atoms with Gasteiger partial charge >= 0.3 is 0 Å². The largest absolute Gasteiger partial charge is 0.397 e. The van der Waals surface area contributed by atoms with Crippen LogP contribution in [0.1, 0.15) is 21.5 Å². The first-order valence-corrected chi connectivity index (χ1v) is 10.2. The summed E-state index contributed by atoms with van der Waals surface area (Å²) in [5.41, 5.74) is 9.26. The fourth-order valence-corrected chi connectivity index (χ4v) is 3.76. The van der Waals surface area contributed by atoms with Crippen molar-refractivity contribution in [3.8, 4) is 0 Å². The fourth-order valence-electron chi connectivity index (χ4n) is 3.63. The first kappa shape index (κ1) is 20.5. The van der Waals surface area contributed by atoms with Gasteiger partial charge in [-0.3, -0.25) is 19.5 Å². The number of aliphatic imine (C=N–C) groups is 1. The van der Waals surface area contributed by atoms with Crippen molar-refractivity contribution in [1.82, 2.24) is 10.2 Å². The number of Topliss-reactive ketones (excluding diaryl/α,β-unsaturated/α-hetero) is 1. The van der Waals surface area contributed by atoms with Crippen LogP contribution in [0, 0.1) is 5.92 Å².